The number of carbonyl (C=O) groups is 1. The molecule has 1 aliphatic heterocycles. The maximum absolute atomic E-state index is 11.8. The number of aromatic nitrogens is 1. The first-order valence-electron chi connectivity index (χ1n) is 5.04. The highest BCUT2D eigenvalue weighted by Gasteiger charge is 2.33. The summed E-state index contributed by atoms with van der Waals surface area (Å²) in [7, 11) is 0. The first-order valence-corrected chi connectivity index (χ1v) is 5.45. The number of hydrogen-bond donors (Lipinski definition) is 1. The lowest BCUT2D eigenvalue weighted by Gasteiger charge is -2.13. The minimum Gasteiger partial charge on any atom is -0.361 e. The molecule has 0 aliphatic carbocycles. The van der Waals surface area contributed by atoms with Crippen LogP contribution < -0.4 is 5.32 Å². The van der Waals surface area contributed by atoms with Crippen molar-refractivity contribution in [1.29, 1.82) is 0 Å². The average molecular weight is 239 g/mol. The van der Waals surface area contributed by atoms with Gasteiger partial charge in [0.2, 0.25) is 0 Å². The summed E-state index contributed by atoms with van der Waals surface area (Å²) in [5.74, 6) is 0.720. The molecule has 0 bridgehead atoms. The van der Waals surface area contributed by atoms with Gasteiger partial charge in [0.05, 0.1) is 12.2 Å². The van der Waals surface area contributed by atoms with Crippen LogP contribution in [-0.2, 0) is 11.3 Å². The molecule has 16 heavy (non-hydrogen) atoms. The number of nitrogens with zero attached hydrogens (tertiary/aromatic N) is 2. The first-order chi connectivity index (χ1) is 7.50. The molecule has 0 spiro atoms. The van der Waals surface area contributed by atoms with Crippen molar-refractivity contribution in [3.05, 3.63) is 17.0 Å². The molecular formula is C10H13N3O2S. The van der Waals surface area contributed by atoms with Crippen LogP contribution in [0.2, 0.25) is 0 Å². The Balaban J connectivity index is 2.22. The quantitative estimate of drug-likeness (QED) is 0.777. The molecule has 1 aromatic heterocycles. The van der Waals surface area contributed by atoms with Gasteiger partial charge in [-0.05, 0) is 33.0 Å². The lowest BCUT2D eigenvalue weighted by molar-refractivity contribution is -0.127. The van der Waals surface area contributed by atoms with Crippen LogP contribution in [-0.4, -0.2) is 27.1 Å². The third-order valence-corrected chi connectivity index (χ3v) is 3.06. The molecule has 1 aliphatic rings. The van der Waals surface area contributed by atoms with Crippen molar-refractivity contribution in [3.63, 3.8) is 0 Å². The van der Waals surface area contributed by atoms with E-state index in [9.17, 15) is 4.79 Å². The predicted molar refractivity (Wildman–Crippen MR) is 61.7 cm³/mol. The molecule has 2 rings (SSSR count). The van der Waals surface area contributed by atoms with Gasteiger partial charge in [-0.3, -0.25) is 9.69 Å². The zero-order valence-electron chi connectivity index (χ0n) is 9.40. The van der Waals surface area contributed by atoms with Crippen molar-refractivity contribution < 1.29 is 9.32 Å². The maximum Gasteiger partial charge on any atom is 0.251 e. The largest absolute Gasteiger partial charge is 0.361 e. The zero-order valence-corrected chi connectivity index (χ0v) is 10.2. The van der Waals surface area contributed by atoms with Crippen molar-refractivity contribution in [2.75, 3.05) is 0 Å². The molecule has 1 unspecified atom stereocenters. The van der Waals surface area contributed by atoms with Crippen molar-refractivity contribution >= 4 is 23.2 Å². The molecule has 1 fully saturated rings. The molecule has 5 nitrogen and oxygen atoms in total. The van der Waals surface area contributed by atoms with Gasteiger partial charge < -0.3 is 9.84 Å². The van der Waals surface area contributed by atoms with Crippen LogP contribution in [0.1, 0.15) is 23.9 Å². The number of rotatable bonds is 2. The molecule has 0 aromatic carbocycles. The number of amides is 1. The Morgan fingerprint density at radius 1 is 1.56 bits per heavy atom. The van der Waals surface area contributed by atoms with Gasteiger partial charge in [0.1, 0.15) is 11.8 Å². The normalized spacial score (nSPS) is 20.4. The van der Waals surface area contributed by atoms with Gasteiger partial charge in [0.15, 0.2) is 5.11 Å². The van der Waals surface area contributed by atoms with E-state index in [2.05, 4.69) is 10.5 Å². The second-order valence-corrected chi connectivity index (χ2v) is 4.28. The van der Waals surface area contributed by atoms with E-state index in [4.69, 9.17) is 16.7 Å². The Bertz CT molecular complexity index is 435. The molecule has 86 valence electrons. The maximum atomic E-state index is 11.8. The number of carbonyl (C=O) groups excluding carboxylic acids is 1. The fraction of sp³-hybridized carbons (Fsp3) is 0.500. The van der Waals surface area contributed by atoms with Crippen LogP contribution in [0.15, 0.2) is 4.52 Å². The summed E-state index contributed by atoms with van der Waals surface area (Å²) in [5, 5.41) is 7.25. The average Bonchev–Trinajstić information content (AvgIpc) is 2.65. The summed E-state index contributed by atoms with van der Waals surface area (Å²) in [6.45, 7) is 5.90. The summed E-state index contributed by atoms with van der Waals surface area (Å²) in [6, 6.07) is -0.243. The molecule has 0 saturated carbocycles. The number of aryl methyl sites for hydroxylation is 2. The Kier molecular flexibility index (Phi) is 2.67. The summed E-state index contributed by atoms with van der Waals surface area (Å²) in [6.07, 6.45) is 0. The van der Waals surface area contributed by atoms with Crippen molar-refractivity contribution in [2.24, 2.45) is 0 Å². The van der Waals surface area contributed by atoms with Crippen molar-refractivity contribution in [1.82, 2.24) is 15.4 Å². The summed E-state index contributed by atoms with van der Waals surface area (Å²) >= 11 is 5.10. The fourth-order valence-corrected chi connectivity index (χ4v) is 2.03. The van der Waals surface area contributed by atoms with E-state index in [1.165, 1.54) is 0 Å². The second kappa shape index (κ2) is 3.86. The standard InChI is InChI=1S/C10H13N3O2S/c1-5-8(7(3)15-12-5)4-13-9(14)6(2)11-10(13)16/h6H,4H2,1-3H3,(H,11,16). The van der Waals surface area contributed by atoms with Gasteiger partial charge >= 0.3 is 0 Å². The van der Waals surface area contributed by atoms with Gasteiger partial charge in [-0.1, -0.05) is 5.16 Å². The van der Waals surface area contributed by atoms with E-state index >= 15 is 0 Å². The number of thiocarbonyl (C=S) groups is 1. The SMILES string of the molecule is Cc1noc(C)c1CN1C(=O)C(C)NC1=S. The molecule has 1 atom stereocenters. The van der Waals surface area contributed by atoms with Gasteiger partial charge in [-0.25, -0.2) is 0 Å². The van der Waals surface area contributed by atoms with E-state index in [0.29, 0.717) is 11.7 Å². The Hall–Kier alpha value is -1.43. The third-order valence-electron chi connectivity index (χ3n) is 2.72. The topological polar surface area (TPSA) is 58.4 Å². The predicted octanol–water partition coefficient (Wildman–Crippen LogP) is 0.897. The van der Waals surface area contributed by atoms with Crippen LogP contribution in [0, 0.1) is 13.8 Å². The first kappa shape index (κ1) is 11.1. The zero-order chi connectivity index (χ0) is 11.9. The van der Waals surface area contributed by atoms with Crippen LogP contribution in [0.3, 0.4) is 0 Å². The van der Waals surface area contributed by atoms with Gasteiger partial charge in [0.25, 0.3) is 5.91 Å². The minimum absolute atomic E-state index is 0.00926. The van der Waals surface area contributed by atoms with E-state index in [0.717, 1.165) is 17.0 Å². The van der Waals surface area contributed by atoms with Gasteiger partial charge in [-0.2, -0.15) is 0 Å². The number of nitrogens with one attached hydrogen (secondary N) is 1. The lowest BCUT2D eigenvalue weighted by Crippen LogP contribution is -2.30. The Morgan fingerprint density at radius 2 is 2.25 bits per heavy atom. The lowest BCUT2D eigenvalue weighted by atomic mass is 10.2. The molecule has 1 N–H and O–H groups in total. The molecule has 1 amide bonds. The van der Waals surface area contributed by atoms with Gasteiger partial charge in [-0.15, -0.1) is 0 Å². The van der Waals surface area contributed by atoms with E-state index in [1.807, 2.05) is 13.8 Å². The summed E-state index contributed by atoms with van der Waals surface area (Å²) in [4.78, 5) is 13.3. The van der Waals surface area contributed by atoms with Crippen LogP contribution in [0.25, 0.3) is 0 Å². The highest BCUT2D eigenvalue weighted by Crippen LogP contribution is 2.17. The molecule has 6 heteroatoms. The summed E-state index contributed by atoms with van der Waals surface area (Å²) < 4.78 is 5.05. The third kappa shape index (κ3) is 1.69. The number of hydrogen-bond acceptors (Lipinski definition) is 4. The summed E-state index contributed by atoms with van der Waals surface area (Å²) in [5.41, 5.74) is 1.72. The molecular weight excluding hydrogens is 226 g/mol. The van der Waals surface area contributed by atoms with E-state index in [1.54, 1.807) is 11.8 Å². The van der Waals surface area contributed by atoms with Crippen LogP contribution in [0.4, 0.5) is 0 Å². The second-order valence-electron chi connectivity index (χ2n) is 3.90. The highest BCUT2D eigenvalue weighted by atomic mass is 32.1. The van der Waals surface area contributed by atoms with Crippen molar-refractivity contribution in [2.45, 2.75) is 33.4 Å². The highest BCUT2D eigenvalue weighted by molar-refractivity contribution is 7.80. The smallest absolute Gasteiger partial charge is 0.251 e. The molecule has 1 aromatic rings. The Labute approximate surface area is 98.8 Å². The molecule has 2 heterocycles. The van der Waals surface area contributed by atoms with Gasteiger partial charge in [0, 0.05) is 5.56 Å². The van der Waals surface area contributed by atoms with Crippen LogP contribution in [0.5, 0.6) is 0 Å². The van der Waals surface area contributed by atoms with E-state index < -0.39 is 0 Å². The van der Waals surface area contributed by atoms with Crippen molar-refractivity contribution in [3.8, 4) is 0 Å². The Morgan fingerprint density at radius 3 is 2.69 bits per heavy atom. The van der Waals surface area contributed by atoms with E-state index in [-0.39, 0.29) is 11.9 Å². The molecule has 1 saturated heterocycles. The monoisotopic (exact) mass is 239 g/mol. The molecule has 0 radical (unpaired) electrons. The fourth-order valence-electron chi connectivity index (χ4n) is 1.69. The van der Waals surface area contributed by atoms with Crippen LogP contribution >= 0.6 is 12.2 Å². The minimum atomic E-state index is -0.243.